The molecule has 0 saturated heterocycles. The summed E-state index contributed by atoms with van der Waals surface area (Å²) in [7, 11) is 0. The van der Waals surface area contributed by atoms with Gasteiger partial charge in [-0.1, -0.05) is 50.7 Å². The Labute approximate surface area is 180 Å². The lowest BCUT2D eigenvalue weighted by Gasteiger charge is -2.33. The SMILES string of the molecule is CCC1(C)Cc2c(sc3c(nc(SCCC(C)C)n3-c3ccccc3)c2=O)CO1. The summed E-state index contributed by atoms with van der Waals surface area (Å²) in [6.45, 7) is 9.19. The van der Waals surface area contributed by atoms with Gasteiger partial charge in [-0.25, -0.2) is 4.98 Å². The van der Waals surface area contributed by atoms with E-state index in [1.807, 2.05) is 18.2 Å². The molecule has 3 heterocycles. The molecule has 0 aliphatic carbocycles. The van der Waals surface area contributed by atoms with Crippen LogP contribution in [0.15, 0.2) is 40.3 Å². The highest BCUT2D eigenvalue weighted by Crippen LogP contribution is 2.36. The summed E-state index contributed by atoms with van der Waals surface area (Å²) in [5.74, 6) is 1.63. The van der Waals surface area contributed by atoms with Gasteiger partial charge in [0.2, 0.25) is 5.43 Å². The van der Waals surface area contributed by atoms with Crippen LogP contribution in [0, 0.1) is 5.92 Å². The molecule has 6 heteroatoms. The van der Waals surface area contributed by atoms with Crippen LogP contribution in [0.4, 0.5) is 0 Å². The van der Waals surface area contributed by atoms with Gasteiger partial charge in [-0.15, -0.1) is 11.3 Å². The quantitative estimate of drug-likeness (QED) is 0.464. The van der Waals surface area contributed by atoms with E-state index in [0.29, 0.717) is 24.5 Å². The summed E-state index contributed by atoms with van der Waals surface area (Å²) in [5, 5.41) is 0.904. The molecule has 154 valence electrons. The average molecular weight is 429 g/mol. The van der Waals surface area contributed by atoms with Crippen molar-refractivity contribution in [1.29, 1.82) is 0 Å². The molecule has 1 atom stereocenters. The third-order valence-corrected chi connectivity index (χ3v) is 7.79. The Balaban J connectivity index is 1.87. The fraction of sp³-hybridized carbons (Fsp3) is 0.478. The first-order valence-corrected chi connectivity index (χ1v) is 12.1. The molecule has 3 aromatic rings. The van der Waals surface area contributed by atoms with Crippen molar-refractivity contribution in [3.05, 3.63) is 51.0 Å². The van der Waals surface area contributed by atoms with Crippen molar-refractivity contribution < 1.29 is 4.74 Å². The van der Waals surface area contributed by atoms with Crippen molar-refractivity contribution in [1.82, 2.24) is 9.55 Å². The van der Waals surface area contributed by atoms with Crippen molar-refractivity contribution in [3.63, 3.8) is 0 Å². The second kappa shape index (κ2) is 8.25. The van der Waals surface area contributed by atoms with Gasteiger partial charge in [-0.05, 0) is 37.8 Å². The molecular weight excluding hydrogens is 400 g/mol. The molecule has 1 aliphatic heterocycles. The number of rotatable bonds is 6. The molecule has 0 radical (unpaired) electrons. The molecule has 0 spiro atoms. The van der Waals surface area contributed by atoms with Crippen molar-refractivity contribution >= 4 is 33.4 Å². The van der Waals surface area contributed by atoms with Crippen LogP contribution in [0.5, 0.6) is 0 Å². The van der Waals surface area contributed by atoms with Gasteiger partial charge in [0.25, 0.3) is 0 Å². The summed E-state index contributed by atoms with van der Waals surface area (Å²) in [6.07, 6.45) is 2.68. The minimum atomic E-state index is -0.261. The summed E-state index contributed by atoms with van der Waals surface area (Å²) in [6, 6.07) is 10.2. The van der Waals surface area contributed by atoms with Crippen LogP contribution in [0.1, 0.15) is 51.0 Å². The van der Waals surface area contributed by atoms with E-state index in [0.717, 1.165) is 44.7 Å². The Bertz CT molecular complexity index is 1070. The van der Waals surface area contributed by atoms with E-state index in [2.05, 4.69) is 44.4 Å². The van der Waals surface area contributed by atoms with E-state index in [1.165, 1.54) is 0 Å². The fourth-order valence-corrected chi connectivity index (χ4v) is 6.02. The lowest BCUT2D eigenvalue weighted by atomic mass is 9.91. The predicted octanol–water partition coefficient (Wildman–Crippen LogP) is 5.83. The fourth-order valence-electron chi connectivity index (χ4n) is 3.55. The maximum Gasteiger partial charge on any atom is 0.211 e. The smallest absolute Gasteiger partial charge is 0.211 e. The zero-order chi connectivity index (χ0) is 20.6. The van der Waals surface area contributed by atoms with E-state index in [9.17, 15) is 4.79 Å². The van der Waals surface area contributed by atoms with Gasteiger partial charge in [-0.3, -0.25) is 9.36 Å². The highest BCUT2D eigenvalue weighted by Gasteiger charge is 2.33. The van der Waals surface area contributed by atoms with Gasteiger partial charge in [-0.2, -0.15) is 0 Å². The number of nitrogens with zero attached hydrogens (tertiary/aromatic N) is 2. The molecule has 0 saturated carbocycles. The number of hydrogen-bond acceptors (Lipinski definition) is 5. The first kappa shape index (κ1) is 20.6. The number of benzene rings is 1. The number of para-hydroxylation sites is 1. The van der Waals surface area contributed by atoms with Crippen LogP contribution in [0.2, 0.25) is 0 Å². The molecule has 1 unspecified atom stereocenters. The molecule has 29 heavy (non-hydrogen) atoms. The molecule has 4 rings (SSSR count). The van der Waals surface area contributed by atoms with E-state index in [4.69, 9.17) is 9.72 Å². The summed E-state index contributed by atoms with van der Waals surface area (Å²) >= 11 is 3.40. The van der Waals surface area contributed by atoms with Gasteiger partial charge >= 0.3 is 0 Å². The topological polar surface area (TPSA) is 44.1 Å². The standard InChI is InChI=1S/C23H28N2O2S2/c1-5-23(4)13-17-18(14-27-23)29-21-19(20(17)26)24-22(28-12-11-15(2)3)25(21)16-9-7-6-8-10-16/h6-10,15H,5,11-14H2,1-4H3. The maximum atomic E-state index is 13.4. The minimum Gasteiger partial charge on any atom is -0.369 e. The molecule has 0 bridgehead atoms. The van der Waals surface area contributed by atoms with E-state index in [-0.39, 0.29) is 11.0 Å². The van der Waals surface area contributed by atoms with Crippen molar-refractivity contribution in [3.8, 4) is 5.69 Å². The molecule has 0 N–H and O–H groups in total. The maximum absolute atomic E-state index is 13.4. The highest BCUT2D eigenvalue weighted by atomic mass is 32.2. The van der Waals surface area contributed by atoms with Gasteiger partial charge in [0.15, 0.2) is 5.16 Å². The molecule has 0 amide bonds. The Morgan fingerprint density at radius 1 is 1.31 bits per heavy atom. The summed E-state index contributed by atoms with van der Waals surface area (Å²) in [5.41, 5.74) is 2.37. The largest absolute Gasteiger partial charge is 0.369 e. The number of hydrogen-bond donors (Lipinski definition) is 0. The number of ether oxygens (including phenoxy) is 1. The number of fused-ring (bicyclic) bond motifs is 2. The van der Waals surface area contributed by atoms with Gasteiger partial charge in [0.05, 0.1) is 12.2 Å². The lowest BCUT2D eigenvalue weighted by Crippen LogP contribution is -2.37. The third kappa shape index (κ3) is 4.03. The molecule has 1 aliphatic rings. The minimum absolute atomic E-state index is 0.0807. The number of aromatic nitrogens is 2. The number of thioether (sulfide) groups is 1. The van der Waals surface area contributed by atoms with Gasteiger partial charge in [0.1, 0.15) is 10.3 Å². The van der Waals surface area contributed by atoms with Crippen LogP contribution in [-0.4, -0.2) is 20.9 Å². The Kier molecular flexibility index (Phi) is 5.87. The van der Waals surface area contributed by atoms with Gasteiger partial charge in [0, 0.05) is 28.3 Å². The number of imidazole rings is 1. The average Bonchev–Trinajstić information content (AvgIpc) is 3.08. The monoisotopic (exact) mass is 428 g/mol. The third-order valence-electron chi connectivity index (χ3n) is 5.64. The van der Waals surface area contributed by atoms with Crippen LogP contribution in [-0.2, 0) is 17.8 Å². The van der Waals surface area contributed by atoms with Crippen LogP contribution >= 0.6 is 23.1 Å². The second-order valence-electron chi connectivity index (χ2n) is 8.35. The van der Waals surface area contributed by atoms with Gasteiger partial charge < -0.3 is 4.74 Å². The normalized spacial score (nSPS) is 19.1. The molecular formula is C23H28N2O2S2. The Morgan fingerprint density at radius 2 is 2.07 bits per heavy atom. The first-order chi connectivity index (χ1) is 13.9. The molecule has 4 nitrogen and oxygen atoms in total. The zero-order valence-electron chi connectivity index (χ0n) is 17.5. The Hall–Kier alpha value is -1.63. The van der Waals surface area contributed by atoms with Crippen LogP contribution < -0.4 is 5.43 Å². The van der Waals surface area contributed by atoms with E-state index < -0.39 is 0 Å². The van der Waals surface area contributed by atoms with Crippen molar-refractivity contribution in [2.24, 2.45) is 5.92 Å². The van der Waals surface area contributed by atoms with Crippen molar-refractivity contribution in [2.45, 2.75) is 64.3 Å². The predicted molar refractivity (Wildman–Crippen MR) is 123 cm³/mol. The molecule has 1 aromatic carbocycles. The second-order valence-corrected chi connectivity index (χ2v) is 10.5. The first-order valence-electron chi connectivity index (χ1n) is 10.3. The summed E-state index contributed by atoms with van der Waals surface area (Å²) < 4.78 is 8.28. The zero-order valence-corrected chi connectivity index (χ0v) is 19.2. The van der Waals surface area contributed by atoms with Crippen LogP contribution in [0.25, 0.3) is 16.0 Å². The Morgan fingerprint density at radius 3 is 2.76 bits per heavy atom. The summed E-state index contributed by atoms with van der Waals surface area (Å²) in [4.78, 5) is 20.2. The highest BCUT2D eigenvalue weighted by molar-refractivity contribution is 7.99. The molecule has 0 fully saturated rings. The van der Waals surface area contributed by atoms with E-state index in [1.54, 1.807) is 23.1 Å². The lowest BCUT2D eigenvalue weighted by molar-refractivity contribution is -0.0550. The molecule has 2 aromatic heterocycles. The van der Waals surface area contributed by atoms with Crippen LogP contribution in [0.3, 0.4) is 0 Å². The van der Waals surface area contributed by atoms with Crippen molar-refractivity contribution in [2.75, 3.05) is 5.75 Å². The van der Waals surface area contributed by atoms with E-state index >= 15 is 0 Å².